The van der Waals surface area contributed by atoms with Crippen molar-refractivity contribution in [1.29, 1.82) is 0 Å². The zero-order valence-electron chi connectivity index (χ0n) is 11.1. The van der Waals surface area contributed by atoms with Crippen molar-refractivity contribution in [3.05, 3.63) is 29.3 Å². The van der Waals surface area contributed by atoms with E-state index in [-0.39, 0.29) is 12.5 Å². The number of amides is 2. The molecule has 1 aromatic rings. The van der Waals surface area contributed by atoms with Crippen LogP contribution in [0.2, 0.25) is 0 Å². The summed E-state index contributed by atoms with van der Waals surface area (Å²) in [4.78, 5) is 25.5. The van der Waals surface area contributed by atoms with Crippen LogP contribution in [0.3, 0.4) is 0 Å². The van der Waals surface area contributed by atoms with Crippen molar-refractivity contribution < 1.29 is 14.3 Å². The first kappa shape index (κ1) is 12.9. The van der Waals surface area contributed by atoms with E-state index in [1.165, 1.54) is 10.5 Å². The Balaban J connectivity index is 1.85. The number of nitrogens with two attached hydrogens (primary N) is 1. The molecule has 3 rings (SSSR count). The predicted molar refractivity (Wildman–Crippen MR) is 73.5 cm³/mol. The van der Waals surface area contributed by atoms with Gasteiger partial charge in [0.05, 0.1) is 13.2 Å². The molecular formula is C14H17N3O3. The molecule has 1 fully saturated rings. The third-order valence-electron chi connectivity index (χ3n) is 3.78. The summed E-state index contributed by atoms with van der Waals surface area (Å²) < 4.78 is 5.23. The SMILES string of the molecule is NC(=O)C1COCCN1C(=O)c1ccc2c(c1)NCC2. The Bertz CT molecular complexity index is 559. The number of morpholine rings is 1. The minimum absolute atomic E-state index is 0.171. The highest BCUT2D eigenvalue weighted by atomic mass is 16.5. The van der Waals surface area contributed by atoms with E-state index in [0.29, 0.717) is 18.7 Å². The molecule has 0 aromatic heterocycles. The van der Waals surface area contributed by atoms with Gasteiger partial charge in [0.2, 0.25) is 5.91 Å². The molecule has 1 aromatic carbocycles. The van der Waals surface area contributed by atoms with Crippen LogP contribution in [0.15, 0.2) is 18.2 Å². The van der Waals surface area contributed by atoms with Crippen molar-refractivity contribution in [3.63, 3.8) is 0 Å². The highest BCUT2D eigenvalue weighted by molar-refractivity contribution is 5.98. The molecule has 106 valence electrons. The molecule has 0 bridgehead atoms. The number of benzene rings is 1. The zero-order valence-corrected chi connectivity index (χ0v) is 11.1. The summed E-state index contributed by atoms with van der Waals surface area (Å²) in [7, 11) is 0. The van der Waals surface area contributed by atoms with Gasteiger partial charge in [-0.2, -0.15) is 0 Å². The predicted octanol–water partition coefficient (Wildman–Crippen LogP) is -0.0191. The van der Waals surface area contributed by atoms with E-state index in [1.54, 1.807) is 0 Å². The number of hydrogen-bond acceptors (Lipinski definition) is 4. The van der Waals surface area contributed by atoms with E-state index >= 15 is 0 Å². The summed E-state index contributed by atoms with van der Waals surface area (Å²) in [6.45, 7) is 1.88. The lowest BCUT2D eigenvalue weighted by atomic mass is 10.1. The summed E-state index contributed by atoms with van der Waals surface area (Å²) in [5.41, 5.74) is 8.13. The number of ether oxygens (including phenoxy) is 1. The summed E-state index contributed by atoms with van der Waals surface area (Å²) in [5, 5.41) is 3.25. The first-order chi connectivity index (χ1) is 9.66. The van der Waals surface area contributed by atoms with Crippen LogP contribution >= 0.6 is 0 Å². The topological polar surface area (TPSA) is 84.7 Å². The van der Waals surface area contributed by atoms with Gasteiger partial charge in [-0.3, -0.25) is 9.59 Å². The molecular weight excluding hydrogens is 258 g/mol. The summed E-state index contributed by atoms with van der Waals surface area (Å²) >= 11 is 0. The number of primary amides is 1. The second-order valence-corrected chi connectivity index (χ2v) is 5.04. The van der Waals surface area contributed by atoms with Crippen LogP contribution in [-0.4, -0.2) is 49.1 Å². The molecule has 2 amide bonds. The Morgan fingerprint density at radius 2 is 2.25 bits per heavy atom. The monoisotopic (exact) mass is 275 g/mol. The van der Waals surface area contributed by atoms with E-state index in [4.69, 9.17) is 10.5 Å². The lowest BCUT2D eigenvalue weighted by molar-refractivity contribution is -0.127. The summed E-state index contributed by atoms with van der Waals surface area (Å²) in [5.74, 6) is -0.703. The number of nitrogens with one attached hydrogen (secondary N) is 1. The van der Waals surface area contributed by atoms with Crippen molar-refractivity contribution in [2.24, 2.45) is 5.73 Å². The van der Waals surface area contributed by atoms with Crippen molar-refractivity contribution in [1.82, 2.24) is 4.90 Å². The summed E-state index contributed by atoms with van der Waals surface area (Å²) in [6, 6.07) is 4.93. The molecule has 0 spiro atoms. The maximum absolute atomic E-state index is 12.5. The third kappa shape index (κ3) is 2.22. The Morgan fingerprint density at radius 3 is 3.05 bits per heavy atom. The van der Waals surface area contributed by atoms with Gasteiger partial charge in [0.15, 0.2) is 0 Å². The molecule has 0 aliphatic carbocycles. The first-order valence-electron chi connectivity index (χ1n) is 6.71. The second-order valence-electron chi connectivity index (χ2n) is 5.04. The molecule has 2 aliphatic rings. The average molecular weight is 275 g/mol. The number of hydrogen-bond donors (Lipinski definition) is 2. The fraction of sp³-hybridized carbons (Fsp3) is 0.429. The minimum atomic E-state index is -0.683. The summed E-state index contributed by atoms with van der Waals surface area (Å²) in [6.07, 6.45) is 0.977. The van der Waals surface area contributed by atoms with Gasteiger partial charge < -0.3 is 20.7 Å². The normalized spacial score (nSPS) is 21.2. The minimum Gasteiger partial charge on any atom is -0.384 e. The molecule has 20 heavy (non-hydrogen) atoms. The zero-order chi connectivity index (χ0) is 14.1. The highest BCUT2D eigenvalue weighted by Crippen LogP contribution is 2.24. The Labute approximate surface area is 116 Å². The van der Waals surface area contributed by atoms with Gasteiger partial charge in [0.1, 0.15) is 6.04 Å². The van der Waals surface area contributed by atoms with Crippen LogP contribution in [0, 0.1) is 0 Å². The van der Waals surface area contributed by atoms with Crippen LogP contribution in [0.1, 0.15) is 15.9 Å². The molecule has 0 saturated carbocycles. The van der Waals surface area contributed by atoms with Crippen molar-refractivity contribution >= 4 is 17.5 Å². The van der Waals surface area contributed by atoms with Gasteiger partial charge in [-0.1, -0.05) is 6.07 Å². The Hall–Kier alpha value is -2.08. The quantitative estimate of drug-likeness (QED) is 0.794. The lowest BCUT2D eigenvalue weighted by Crippen LogP contribution is -2.54. The molecule has 2 aliphatic heterocycles. The van der Waals surface area contributed by atoms with Gasteiger partial charge in [-0.05, 0) is 24.1 Å². The number of anilines is 1. The molecule has 1 saturated heterocycles. The maximum atomic E-state index is 12.5. The van der Waals surface area contributed by atoms with E-state index in [1.807, 2.05) is 18.2 Å². The molecule has 1 atom stereocenters. The van der Waals surface area contributed by atoms with Gasteiger partial charge in [-0.15, -0.1) is 0 Å². The van der Waals surface area contributed by atoms with E-state index in [2.05, 4.69) is 5.32 Å². The van der Waals surface area contributed by atoms with Crippen LogP contribution in [0.5, 0.6) is 0 Å². The van der Waals surface area contributed by atoms with E-state index in [9.17, 15) is 9.59 Å². The molecule has 6 nitrogen and oxygen atoms in total. The third-order valence-corrected chi connectivity index (χ3v) is 3.78. The number of carbonyl (C=O) groups excluding carboxylic acids is 2. The van der Waals surface area contributed by atoms with Gasteiger partial charge >= 0.3 is 0 Å². The molecule has 6 heteroatoms. The van der Waals surface area contributed by atoms with Crippen molar-refractivity contribution in [3.8, 4) is 0 Å². The largest absolute Gasteiger partial charge is 0.384 e. The average Bonchev–Trinajstić information content (AvgIpc) is 2.93. The maximum Gasteiger partial charge on any atom is 0.254 e. The number of carbonyl (C=O) groups is 2. The molecule has 2 heterocycles. The fourth-order valence-corrected chi connectivity index (χ4v) is 2.67. The van der Waals surface area contributed by atoms with Crippen molar-refractivity contribution in [2.75, 3.05) is 31.6 Å². The van der Waals surface area contributed by atoms with E-state index in [0.717, 1.165) is 18.7 Å². The smallest absolute Gasteiger partial charge is 0.254 e. The second kappa shape index (κ2) is 5.13. The molecule has 0 radical (unpaired) electrons. The van der Waals surface area contributed by atoms with Gasteiger partial charge in [-0.25, -0.2) is 0 Å². The number of rotatable bonds is 2. The van der Waals surface area contributed by atoms with Gasteiger partial charge in [0.25, 0.3) is 5.91 Å². The number of nitrogens with zero attached hydrogens (tertiary/aromatic N) is 1. The highest BCUT2D eigenvalue weighted by Gasteiger charge is 2.32. The van der Waals surface area contributed by atoms with E-state index < -0.39 is 11.9 Å². The Morgan fingerprint density at radius 1 is 1.40 bits per heavy atom. The lowest BCUT2D eigenvalue weighted by Gasteiger charge is -2.33. The molecule has 3 N–H and O–H groups in total. The Kier molecular flexibility index (Phi) is 3.31. The van der Waals surface area contributed by atoms with Crippen LogP contribution in [-0.2, 0) is 16.0 Å². The van der Waals surface area contributed by atoms with Gasteiger partial charge in [0, 0.05) is 24.3 Å². The standard InChI is InChI=1S/C14H17N3O3/c15-13(18)12-8-20-6-5-17(12)14(19)10-2-1-9-3-4-16-11(9)7-10/h1-2,7,12,16H,3-6,8H2,(H2,15,18). The van der Waals surface area contributed by atoms with Crippen molar-refractivity contribution in [2.45, 2.75) is 12.5 Å². The van der Waals surface area contributed by atoms with Crippen LogP contribution < -0.4 is 11.1 Å². The fourth-order valence-electron chi connectivity index (χ4n) is 2.67. The van der Waals surface area contributed by atoms with Crippen LogP contribution in [0.4, 0.5) is 5.69 Å². The first-order valence-corrected chi connectivity index (χ1v) is 6.71. The number of fused-ring (bicyclic) bond motifs is 1. The molecule has 1 unspecified atom stereocenters. The van der Waals surface area contributed by atoms with Crippen LogP contribution in [0.25, 0.3) is 0 Å².